The Morgan fingerprint density at radius 2 is 2.18 bits per heavy atom. The highest BCUT2D eigenvalue weighted by Crippen LogP contribution is 2.26. The van der Waals surface area contributed by atoms with Crippen molar-refractivity contribution in [1.29, 1.82) is 0 Å². The summed E-state index contributed by atoms with van der Waals surface area (Å²) in [5.74, 6) is 1.09. The van der Waals surface area contributed by atoms with Gasteiger partial charge >= 0.3 is 0 Å². The number of nitrogens with two attached hydrogens (primary N) is 1. The average Bonchev–Trinajstić information content (AvgIpc) is 2.68. The lowest BCUT2D eigenvalue weighted by Crippen LogP contribution is -2.02. The van der Waals surface area contributed by atoms with Gasteiger partial charge in [0.2, 0.25) is 0 Å². The first-order valence-electron chi connectivity index (χ1n) is 5.10. The predicted molar refractivity (Wildman–Crippen MR) is 66.6 cm³/mol. The summed E-state index contributed by atoms with van der Waals surface area (Å²) < 4.78 is 18.6. The number of hydrogen-bond acceptors (Lipinski definition) is 3. The van der Waals surface area contributed by atoms with Gasteiger partial charge in [-0.25, -0.2) is 4.39 Å². The lowest BCUT2D eigenvalue weighted by Gasteiger charge is -2.08. The smallest absolute Gasteiger partial charge is 0.143 e. The van der Waals surface area contributed by atoms with Crippen LogP contribution < -0.4 is 11.1 Å². The summed E-state index contributed by atoms with van der Waals surface area (Å²) in [4.78, 5) is 0. The van der Waals surface area contributed by atoms with Crippen molar-refractivity contribution in [2.24, 2.45) is 0 Å². The molecule has 0 bridgehead atoms. The van der Waals surface area contributed by atoms with Crippen LogP contribution in [0.5, 0.6) is 0 Å². The molecule has 0 amide bonds. The molecule has 0 aliphatic heterocycles. The normalized spacial score (nSPS) is 10.5. The molecule has 1 aromatic carbocycles. The van der Waals surface area contributed by atoms with E-state index in [1.807, 2.05) is 19.1 Å². The first-order chi connectivity index (χ1) is 8.06. The largest absolute Gasteiger partial charge is 0.465 e. The summed E-state index contributed by atoms with van der Waals surface area (Å²) in [6, 6.07) is 6.37. The average molecular weight is 255 g/mol. The molecule has 0 unspecified atom stereocenters. The summed E-state index contributed by atoms with van der Waals surface area (Å²) in [6.07, 6.45) is 0. The molecule has 2 rings (SSSR count). The summed E-state index contributed by atoms with van der Waals surface area (Å²) in [7, 11) is 0. The zero-order valence-corrected chi connectivity index (χ0v) is 10.0. The molecule has 17 heavy (non-hydrogen) atoms. The van der Waals surface area contributed by atoms with E-state index in [2.05, 4.69) is 5.32 Å². The Labute approximate surface area is 103 Å². The zero-order valence-electron chi connectivity index (χ0n) is 9.26. The highest BCUT2D eigenvalue weighted by Gasteiger charge is 2.06. The van der Waals surface area contributed by atoms with Gasteiger partial charge in [-0.2, -0.15) is 0 Å². The van der Waals surface area contributed by atoms with Gasteiger partial charge in [0.25, 0.3) is 0 Å². The van der Waals surface area contributed by atoms with Crippen molar-refractivity contribution in [3.8, 4) is 0 Å². The van der Waals surface area contributed by atoms with E-state index in [1.165, 1.54) is 12.1 Å². The number of anilines is 2. The third-order valence-corrected chi connectivity index (χ3v) is 2.63. The number of benzene rings is 1. The number of furan rings is 1. The molecule has 0 spiro atoms. The fourth-order valence-corrected chi connectivity index (χ4v) is 1.65. The quantitative estimate of drug-likeness (QED) is 0.824. The number of nitrogens with one attached hydrogen (secondary N) is 1. The Bertz CT molecular complexity index is 539. The number of hydrogen-bond donors (Lipinski definition) is 2. The van der Waals surface area contributed by atoms with Crippen LogP contribution in [0, 0.1) is 12.7 Å². The van der Waals surface area contributed by atoms with E-state index >= 15 is 0 Å². The van der Waals surface area contributed by atoms with E-state index in [0.717, 1.165) is 11.5 Å². The van der Waals surface area contributed by atoms with Gasteiger partial charge in [0, 0.05) is 6.07 Å². The Morgan fingerprint density at radius 1 is 1.41 bits per heavy atom. The first-order valence-corrected chi connectivity index (χ1v) is 5.48. The Kier molecular flexibility index (Phi) is 3.24. The molecule has 0 atom stereocenters. The number of nitrogen functional groups attached to an aromatic ring is 1. The molecule has 2 aromatic rings. The standard InChI is InChI=1S/C12H12ClFN2O/c1-7-2-3-8(17-7)6-16-12-5-10(14)9(13)4-11(12)15/h2-5,16H,6,15H2,1H3. The Morgan fingerprint density at radius 3 is 2.82 bits per heavy atom. The van der Waals surface area contributed by atoms with Crippen LogP contribution in [0.4, 0.5) is 15.8 Å². The monoisotopic (exact) mass is 254 g/mol. The predicted octanol–water partition coefficient (Wildman–Crippen LogP) is 3.57. The van der Waals surface area contributed by atoms with Crippen molar-refractivity contribution in [3.63, 3.8) is 0 Å². The van der Waals surface area contributed by atoms with Crippen LogP contribution in [0.2, 0.25) is 5.02 Å². The van der Waals surface area contributed by atoms with E-state index < -0.39 is 5.82 Å². The second-order valence-corrected chi connectivity index (χ2v) is 4.13. The Balaban J connectivity index is 2.11. The minimum Gasteiger partial charge on any atom is -0.465 e. The van der Waals surface area contributed by atoms with Crippen LogP contribution in [0.1, 0.15) is 11.5 Å². The lowest BCUT2D eigenvalue weighted by atomic mass is 10.2. The highest BCUT2D eigenvalue weighted by molar-refractivity contribution is 6.31. The molecule has 5 heteroatoms. The van der Waals surface area contributed by atoms with E-state index in [1.54, 1.807) is 0 Å². The van der Waals surface area contributed by atoms with Crippen LogP contribution >= 0.6 is 11.6 Å². The number of aryl methyl sites for hydroxylation is 1. The molecular formula is C12H12ClFN2O. The molecule has 0 aliphatic carbocycles. The van der Waals surface area contributed by atoms with Crippen molar-refractivity contribution in [2.75, 3.05) is 11.1 Å². The van der Waals surface area contributed by atoms with Gasteiger partial charge in [-0.1, -0.05) is 11.6 Å². The zero-order chi connectivity index (χ0) is 12.4. The summed E-state index contributed by atoms with van der Waals surface area (Å²) >= 11 is 5.61. The molecule has 0 fully saturated rings. The van der Waals surface area contributed by atoms with Gasteiger partial charge in [-0.3, -0.25) is 0 Å². The fraction of sp³-hybridized carbons (Fsp3) is 0.167. The van der Waals surface area contributed by atoms with E-state index in [0.29, 0.717) is 17.9 Å². The van der Waals surface area contributed by atoms with Crippen molar-refractivity contribution in [1.82, 2.24) is 0 Å². The van der Waals surface area contributed by atoms with Crippen LogP contribution in [0.25, 0.3) is 0 Å². The Hall–Kier alpha value is -1.68. The van der Waals surface area contributed by atoms with Crippen LogP contribution in [-0.2, 0) is 6.54 Å². The molecular weight excluding hydrogens is 243 g/mol. The third-order valence-electron chi connectivity index (χ3n) is 2.34. The SMILES string of the molecule is Cc1ccc(CNc2cc(F)c(Cl)cc2N)o1. The van der Waals surface area contributed by atoms with E-state index in [9.17, 15) is 4.39 Å². The van der Waals surface area contributed by atoms with Crippen molar-refractivity contribution < 1.29 is 8.81 Å². The maximum Gasteiger partial charge on any atom is 0.143 e. The molecule has 1 heterocycles. The van der Waals surface area contributed by atoms with Crippen LogP contribution in [-0.4, -0.2) is 0 Å². The molecule has 0 saturated carbocycles. The second kappa shape index (κ2) is 4.67. The van der Waals surface area contributed by atoms with Crippen LogP contribution in [0.15, 0.2) is 28.7 Å². The highest BCUT2D eigenvalue weighted by atomic mass is 35.5. The van der Waals surface area contributed by atoms with Gasteiger partial charge in [-0.15, -0.1) is 0 Å². The molecule has 0 aliphatic rings. The molecule has 3 N–H and O–H groups in total. The van der Waals surface area contributed by atoms with Gasteiger partial charge in [0.05, 0.1) is 22.9 Å². The second-order valence-electron chi connectivity index (χ2n) is 3.72. The lowest BCUT2D eigenvalue weighted by molar-refractivity contribution is 0.490. The van der Waals surface area contributed by atoms with Crippen molar-refractivity contribution in [3.05, 3.63) is 46.6 Å². The summed E-state index contributed by atoms with van der Waals surface area (Å²) in [5.41, 5.74) is 6.62. The third kappa shape index (κ3) is 2.71. The number of rotatable bonds is 3. The fourth-order valence-electron chi connectivity index (χ4n) is 1.48. The van der Waals surface area contributed by atoms with Gasteiger partial charge in [0.15, 0.2) is 0 Å². The molecule has 3 nitrogen and oxygen atoms in total. The molecule has 0 saturated heterocycles. The van der Waals surface area contributed by atoms with Crippen LogP contribution in [0.3, 0.4) is 0 Å². The molecule has 1 aromatic heterocycles. The maximum absolute atomic E-state index is 13.2. The summed E-state index contributed by atoms with van der Waals surface area (Å²) in [6.45, 7) is 2.30. The molecule has 90 valence electrons. The minimum atomic E-state index is -0.501. The van der Waals surface area contributed by atoms with Crippen molar-refractivity contribution >= 4 is 23.0 Å². The van der Waals surface area contributed by atoms with E-state index in [4.69, 9.17) is 21.8 Å². The van der Waals surface area contributed by atoms with Gasteiger partial charge < -0.3 is 15.5 Å². The first kappa shape index (κ1) is 11.8. The molecule has 0 radical (unpaired) electrons. The minimum absolute atomic E-state index is 0.0156. The van der Waals surface area contributed by atoms with Crippen molar-refractivity contribution in [2.45, 2.75) is 13.5 Å². The maximum atomic E-state index is 13.2. The topological polar surface area (TPSA) is 51.2 Å². The number of halogens is 2. The van der Waals surface area contributed by atoms with Gasteiger partial charge in [0.1, 0.15) is 17.3 Å². The van der Waals surface area contributed by atoms with E-state index in [-0.39, 0.29) is 5.02 Å². The summed E-state index contributed by atoms with van der Waals surface area (Å²) in [5, 5.41) is 3.01. The van der Waals surface area contributed by atoms with Gasteiger partial charge in [-0.05, 0) is 25.1 Å².